The minimum Gasteiger partial charge on any atom is -0.407 e. The molecule has 2 aromatic heterocycles. The average molecular weight is 788 g/mol. The summed E-state index contributed by atoms with van der Waals surface area (Å²) >= 11 is 0. The van der Waals surface area contributed by atoms with Gasteiger partial charge in [0.15, 0.2) is 37.1 Å². The maximum Gasteiger partial charge on any atom is 0.280 e. The second kappa shape index (κ2) is 16.3. The molecule has 6 rings (SSSR count). The van der Waals surface area contributed by atoms with Gasteiger partial charge in [-0.2, -0.15) is 4.98 Å². The van der Waals surface area contributed by atoms with E-state index in [2.05, 4.69) is 54.1 Å². The van der Waals surface area contributed by atoms with Gasteiger partial charge in [0, 0.05) is 26.6 Å². The number of imidazole rings is 1. The maximum atomic E-state index is 13.1. The number of methoxy groups -OCH3 is 2. The Morgan fingerprint density at radius 2 is 1.70 bits per heavy atom. The van der Waals surface area contributed by atoms with Crippen LogP contribution in [0.1, 0.15) is 58.4 Å². The van der Waals surface area contributed by atoms with Gasteiger partial charge in [0.2, 0.25) is 11.9 Å². The average Bonchev–Trinajstić information content (AvgIpc) is 3.74. The van der Waals surface area contributed by atoms with Gasteiger partial charge in [0.25, 0.3) is 5.56 Å². The van der Waals surface area contributed by atoms with Crippen LogP contribution in [-0.2, 0) is 38.8 Å². The van der Waals surface area contributed by atoms with Gasteiger partial charge in [-0.05, 0) is 40.9 Å². The molecular weight excluding hydrogens is 735 g/mol. The van der Waals surface area contributed by atoms with Crippen LogP contribution in [0.25, 0.3) is 11.2 Å². The molecule has 1 saturated heterocycles. The Labute approximate surface area is 327 Å². The Kier molecular flexibility index (Phi) is 12.0. The van der Waals surface area contributed by atoms with Crippen molar-refractivity contribution in [3.05, 3.63) is 112 Å². The van der Waals surface area contributed by atoms with Crippen molar-refractivity contribution in [2.45, 2.75) is 95.1 Å². The first-order valence-corrected chi connectivity index (χ1v) is 21.7. The molecule has 3 heterocycles. The van der Waals surface area contributed by atoms with E-state index >= 15 is 0 Å². The van der Waals surface area contributed by atoms with Crippen LogP contribution in [-0.4, -0.2) is 83.8 Å². The van der Waals surface area contributed by atoms with Gasteiger partial charge in [-0.3, -0.25) is 24.5 Å². The zero-order chi connectivity index (χ0) is 40.5. The van der Waals surface area contributed by atoms with Crippen LogP contribution in [0, 0.1) is 5.92 Å². The Morgan fingerprint density at radius 1 is 1.07 bits per heavy atom. The largest absolute Gasteiger partial charge is 0.407 e. The first-order chi connectivity index (χ1) is 26.6. The van der Waals surface area contributed by atoms with E-state index in [1.165, 1.54) is 6.33 Å². The van der Waals surface area contributed by atoms with Crippen LogP contribution in [0.3, 0.4) is 0 Å². The fourth-order valence-corrected chi connectivity index (χ4v) is 7.88. The summed E-state index contributed by atoms with van der Waals surface area (Å²) in [6.07, 6.45) is 3.58. The number of amides is 1. The predicted molar refractivity (Wildman–Crippen MR) is 213 cm³/mol. The molecule has 300 valence electrons. The van der Waals surface area contributed by atoms with Crippen molar-refractivity contribution in [2.75, 3.05) is 26.1 Å². The first-order valence-electron chi connectivity index (χ1n) is 18.8. The first kappa shape index (κ1) is 41.3. The monoisotopic (exact) mass is 787 g/mol. The van der Waals surface area contributed by atoms with E-state index in [1.807, 2.05) is 78.9 Å². The molecular formula is C41H53N5O9Si. The van der Waals surface area contributed by atoms with E-state index in [0.29, 0.717) is 6.42 Å². The standard InChI is InChI=1S/C41H53N5O9Si/c1-26(2)35(48)44-38-43-34-31(36(49)45-38)42-25-46(34)37-33(54-56(8,9)39(3,4)5)32(47)30(53-37)24-52-55-41(27-16-12-10-13-17-27,28-18-14-11-15-19-28)29-20-22-40(50-6,51-7)23-21-29/h10-22,25-26,30,32-33,37,47H,23-24H2,1-9H3,(H2,43,44,45,48,49)/t30-,32-,33-,37-/m1/s1. The molecule has 0 unspecified atom stereocenters. The number of H-pyrrole nitrogens is 1. The molecule has 0 bridgehead atoms. The number of aromatic amines is 1. The van der Waals surface area contributed by atoms with Crippen LogP contribution >= 0.6 is 0 Å². The fraction of sp³-hybridized carbons (Fsp3) is 0.463. The van der Waals surface area contributed by atoms with Gasteiger partial charge in [-0.15, -0.1) is 0 Å². The van der Waals surface area contributed by atoms with Crippen molar-refractivity contribution in [3.63, 3.8) is 0 Å². The Hall–Kier alpha value is -4.32. The molecule has 1 fully saturated rings. The topological polar surface area (TPSA) is 168 Å². The third-order valence-electron chi connectivity index (χ3n) is 11.0. The van der Waals surface area contributed by atoms with Crippen molar-refractivity contribution >= 4 is 31.3 Å². The number of carbonyl (C=O) groups excluding carboxylic acids is 1. The summed E-state index contributed by atoms with van der Waals surface area (Å²) in [5.74, 6) is -1.64. The van der Waals surface area contributed by atoms with E-state index < -0.39 is 49.8 Å². The number of aromatic nitrogens is 4. The lowest BCUT2D eigenvalue weighted by Gasteiger charge is -2.40. The predicted octanol–water partition coefficient (Wildman–Crippen LogP) is 6.13. The van der Waals surface area contributed by atoms with Gasteiger partial charge in [-0.1, -0.05) is 107 Å². The molecule has 0 spiro atoms. The quantitative estimate of drug-likeness (QED) is 0.0582. The summed E-state index contributed by atoms with van der Waals surface area (Å²) in [6.45, 7) is 13.7. The van der Waals surface area contributed by atoms with E-state index in [0.717, 1.165) is 16.7 Å². The number of aliphatic hydroxyl groups excluding tert-OH is 1. The highest BCUT2D eigenvalue weighted by Crippen LogP contribution is 2.46. The molecule has 1 aliphatic carbocycles. The lowest BCUT2D eigenvalue weighted by Crippen LogP contribution is -2.49. The minimum absolute atomic E-state index is 0.0332. The number of rotatable bonds is 14. The van der Waals surface area contributed by atoms with Crippen molar-refractivity contribution < 1.29 is 38.3 Å². The van der Waals surface area contributed by atoms with Gasteiger partial charge in [0.05, 0.1) is 6.33 Å². The number of nitrogens with one attached hydrogen (secondary N) is 2. The van der Waals surface area contributed by atoms with Gasteiger partial charge in [0.1, 0.15) is 24.9 Å². The molecule has 15 heteroatoms. The number of anilines is 1. The third kappa shape index (κ3) is 7.95. The minimum atomic E-state index is -2.54. The highest BCUT2D eigenvalue weighted by Gasteiger charge is 2.52. The van der Waals surface area contributed by atoms with Crippen molar-refractivity contribution in [1.82, 2.24) is 19.5 Å². The molecule has 4 atom stereocenters. The summed E-state index contributed by atoms with van der Waals surface area (Å²) in [5.41, 5.74) is 0.777. The summed E-state index contributed by atoms with van der Waals surface area (Å²) in [4.78, 5) is 50.0. The molecule has 0 saturated carbocycles. The lowest BCUT2D eigenvalue weighted by atomic mass is 9.77. The number of nitrogens with zero attached hydrogens (tertiary/aromatic N) is 3. The number of fused-ring (bicyclic) bond motifs is 1. The van der Waals surface area contributed by atoms with Crippen LogP contribution in [0.15, 0.2) is 95.6 Å². The van der Waals surface area contributed by atoms with Gasteiger partial charge in [-0.25, -0.2) is 14.8 Å². The Morgan fingerprint density at radius 3 is 2.23 bits per heavy atom. The number of carbonyl (C=O) groups is 1. The second-order valence-electron chi connectivity index (χ2n) is 16.0. The maximum absolute atomic E-state index is 13.1. The molecule has 3 N–H and O–H groups in total. The second-order valence-corrected chi connectivity index (χ2v) is 20.7. The van der Waals surface area contributed by atoms with E-state index in [9.17, 15) is 14.7 Å². The van der Waals surface area contributed by atoms with Crippen LogP contribution in [0.2, 0.25) is 18.1 Å². The summed E-state index contributed by atoms with van der Waals surface area (Å²) < 4.78 is 26.4. The Bertz CT molecular complexity index is 2070. The molecule has 2 aliphatic rings. The Balaban J connectivity index is 1.36. The summed E-state index contributed by atoms with van der Waals surface area (Å²) in [5, 5.41) is 14.5. The number of benzene rings is 2. The summed E-state index contributed by atoms with van der Waals surface area (Å²) in [7, 11) is 0.659. The number of aliphatic hydroxyl groups is 1. The SMILES string of the molecule is COC1(OC)C=CC(C(OOC[C@H]2O[C@@H](n3cnc4c(=O)[nH]c(NC(=O)C(C)C)nc43)[C@H](O[Si](C)(C)C(C)(C)C)[C@@H]2O)(c2ccccc2)c2ccccc2)=CC1. The highest BCUT2D eigenvalue weighted by atomic mass is 28.4. The smallest absolute Gasteiger partial charge is 0.280 e. The van der Waals surface area contributed by atoms with Gasteiger partial charge >= 0.3 is 0 Å². The van der Waals surface area contributed by atoms with Gasteiger partial charge < -0.3 is 23.7 Å². The van der Waals surface area contributed by atoms with Crippen LogP contribution in [0.4, 0.5) is 5.95 Å². The van der Waals surface area contributed by atoms with Crippen molar-refractivity contribution in [2.24, 2.45) is 5.92 Å². The normalized spacial score (nSPS) is 21.4. The molecule has 4 aromatic rings. The number of hydrogen-bond donors (Lipinski definition) is 3. The lowest BCUT2D eigenvalue weighted by molar-refractivity contribution is -0.356. The van der Waals surface area contributed by atoms with Crippen molar-refractivity contribution in [1.29, 1.82) is 0 Å². The molecule has 14 nitrogen and oxygen atoms in total. The zero-order valence-corrected chi connectivity index (χ0v) is 34.4. The van der Waals surface area contributed by atoms with E-state index in [1.54, 1.807) is 32.6 Å². The molecule has 56 heavy (non-hydrogen) atoms. The number of hydrogen-bond acceptors (Lipinski definition) is 11. The number of ether oxygens (including phenoxy) is 3. The van der Waals surface area contributed by atoms with E-state index in [-0.39, 0.29) is 40.6 Å². The molecule has 2 aromatic carbocycles. The highest BCUT2D eigenvalue weighted by molar-refractivity contribution is 6.74. The van der Waals surface area contributed by atoms with Crippen LogP contribution in [0.5, 0.6) is 0 Å². The van der Waals surface area contributed by atoms with Crippen LogP contribution < -0.4 is 10.9 Å². The molecule has 0 radical (unpaired) electrons. The fourth-order valence-electron chi connectivity index (χ4n) is 6.59. The zero-order valence-electron chi connectivity index (χ0n) is 33.4. The third-order valence-corrected chi connectivity index (χ3v) is 15.5. The molecule has 1 amide bonds. The van der Waals surface area contributed by atoms with E-state index in [4.69, 9.17) is 28.4 Å². The summed E-state index contributed by atoms with van der Waals surface area (Å²) in [6, 6.07) is 19.5. The molecule has 1 aliphatic heterocycles. The van der Waals surface area contributed by atoms with Crippen molar-refractivity contribution in [3.8, 4) is 0 Å².